The highest BCUT2D eigenvalue weighted by molar-refractivity contribution is 9.10. The summed E-state index contributed by atoms with van der Waals surface area (Å²) in [5.74, 6) is 0.473. The molecule has 0 saturated carbocycles. The number of aromatic hydroxyl groups is 1. The number of pyridine rings is 1. The van der Waals surface area contributed by atoms with E-state index < -0.39 is 0 Å². The lowest BCUT2D eigenvalue weighted by atomic mass is 9.88. The molecule has 210 valence electrons. The lowest BCUT2D eigenvalue weighted by Gasteiger charge is -2.39. The number of carbonyl (C=O) groups is 1. The number of aromatic nitrogens is 1. The molecular formula is C31H42BrN5O2. The largest absolute Gasteiger partial charge is 0.506 e. The molecule has 1 unspecified atom stereocenters. The molecule has 3 rings (SSSR count). The second-order valence-electron chi connectivity index (χ2n) is 10.6. The van der Waals surface area contributed by atoms with Crippen LogP contribution in [0.1, 0.15) is 101 Å². The van der Waals surface area contributed by atoms with Crippen molar-refractivity contribution in [2.45, 2.75) is 85.1 Å². The maximum atomic E-state index is 14.2. The fraction of sp³-hybridized carbons (Fsp3) is 0.452. The van der Waals surface area contributed by atoms with Crippen LogP contribution >= 0.6 is 15.9 Å². The summed E-state index contributed by atoms with van der Waals surface area (Å²) in [4.78, 5) is 25.5. The minimum atomic E-state index is -0.253. The van der Waals surface area contributed by atoms with E-state index in [0.717, 1.165) is 34.5 Å². The van der Waals surface area contributed by atoms with Crippen LogP contribution in [0.4, 0.5) is 11.4 Å². The first-order chi connectivity index (χ1) is 18.5. The average Bonchev–Trinajstić information content (AvgIpc) is 2.89. The van der Waals surface area contributed by atoms with E-state index >= 15 is 0 Å². The number of hydrogen-bond donors (Lipinski definition) is 3. The Morgan fingerprint density at radius 3 is 2.59 bits per heavy atom. The number of phenols is 1. The SMILES string of the molecule is C=CNc1c(C(=O)N2CCC(=Nc3ccc(C(C)C)cc3O)/C(=C(\N)CCC)C2CC)cnc(Br)c1C(C)C. The Morgan fingerprint density at radius 1 is 1.31 bits per heavy atom. The Labute approximate surface area is 241 Å². The Morgan fingerprint density at radius 2 is 2.03 bits per heavy atom. The Hall–Kier alpha value is -3.13. The van der Waals surface area contributed by atoms with E-state index in [-0.39, 0.29) is 23.6 Å². The molecule has 1 fully saturated rings. The van der Waals surface area contributed by atoms with Gasteiger partial charge in [-0.05, 0) is 64.5 Å². The summed E-state index contributed by atoms with van der Waals surface area (Å²) in [5, 5.41) is 13.9. The predicted octanol–water partition coefficient (Wildman–Crippen LogP) is 7.76. The van der Waals surface area contributed by atoms with Gasteiger partial charge in [0.25, 0.3) is 5.91 Å². The number of phenolic OH excluding ortho intramolecular Hbond substituents is 1. The standard InChI is InChI=1S/C31H42BrN5O2/c1-8-11-22(33)28-24(36-23-13-12-20(18(4)5)16-26(23)38)14-15-37(25(28)9-2)31(39)21-17-35-30(32)27(19(6)7)29(21)34-10-3/h10,12-13,16-19,25,38H,3,8-9,11,14-15,33H2,1-2,4-7H3,(H,34,35)/b28-22+,36-24?. The highest BCUT2D eigenvalue weighted by Crippen LogP contribution is 2.37. The number of allylic oxidation sites excluding steroid dienone is 1. The quantitative estimate of drug-likeness (QED) is 0.257. The van der Waals surface area contributed by atoms with E-state index in [1.807, 2.05) is 17.0 Å². The van der Waals surface area contributed by atoms with Crippen molar-refractivity contribution >= 4 is 38.9 Å². The zero-order valence-electron chi connectivity index (χ0n) is 24.0. The third-order valence-electron chi connectivity index (χ3n) is 7.17. The molecule has 4 N–H and O–H groups in total. The number of anilines is 1. The number of piperidine rings is 1. The lowest BCUT2D eigenvalue weighted by molar-refractivity contribution is 0.0700. The molecule has 1 aliphatic heterocycles. The molecule has 1 amide bonds. The van der Waals surface area contributed by atoms with Crippen molar-refractivity contribution in [2.75, 3.05) is 11.9 Å². The number of benzene rings is 1. The Bertz CT molecular complexity index is 1280. The number of nitrogens with two attached hydrogens (primary N) is 1. The van der Waals surface area contributed by atoms with Gasteiger partial charge in [0, 0.05) is 41.7 Å². The van der Waals surface area contributed by atoms with Crippen LogP contribution in [-0.2, 0) is 0 Å². The zero-order valence-corrected chi connectivity index (χ0v) is 25.6. The van der Waals surface area contributed by atoms with Crippen molar-refractivity contribution in [2.24, 2.45) is 10.7 Å². The monoisotopic (exact) mass is 595 g/mol. The first-order valence-electron chi connectivity index (χ1n) is 13.8. The van der Waals surface area contributed by atoms with Crippen LogP contribution in [0.25, 0.3) is 0 Å². The average molecular weight is 597 g/mol. The third kappa shape index (κ3) is 6.55. The van der Waals surface area contributed by atoms with Crippen LogP contribution < -0.4 is 11.1 Å². The molecule has 7 nitrogen and oxygen atoms in total. The summed E-state index contributed by atoms with van der Waals surface area (Å²) in [5.41, 5.74) is 12.8. The van der Waals surface area contributed by atoms with Crippen LogP contribution in [0.2, 0.25) is 0 Å². The van der Waals surface area contributed by atoms with Crippen molar-refractivity contribution < 1.29 is 9.90 Å². The molecule has 0 spiro atoms. The number of nitrogens with zero attached hydrogens (tertiary/aromatic N) is 3. The van der Waals surface area contributed by atoms with Crippen LogP contribution in [0.15, 0.2) is 58.0 Å². The molecule has 1 aliphatic rings. The van der Waals surface area contributed by atoms with Crippen LogP contribution in [0.3, 0.4) is 0 Å². The predicted molar refractivity (Wildman–Crippen MR) is 165 cm³/mol. The summed E-state index contributed by atoms with van der Waals surface area (Å²) in [6.07, 6.45) is 5.99. The molecule has 1 aromatic carbocycles. The molecule has 1 atom stereocenters. The van der Waals surface area contributed by atoms with E-state index in [1.165, 1.54) is 0 Å². The van der Waals surface area contributed by atoms with Gasteiger partial charge in [-0.1, -0.05) is 60.6 Å². The van der Waals surface area contributed by atoms with Crippen molar-refractivity contribution in [3.8, 4) is 5.75 Å². The smallest absolute Gasteiger partial charge is 0.258 e. The first kappa shape index (κ1) is 30.4. The van der Waals surface area contributed by atoms with Gasteiger partial charge in [-0.15, -0.1) is 0 Å². The molecule has 8 heteroatoms. The molecule has 0 radical (unpaired) electrons. The lowest BCUT2D eigenvalue weighted by Crippen LogP contribution is -2.49. The molecular weight excluding hydrogens is 554 g/mol. The highest BCUT2D eigenvalue weighted by atomic mass is 79.9. The fourth-order valence-corrected chi connectivity index (χ4v) is 5.95. The van der Waals surface area contributed by atoms with Crippen molar-refractivity contribution in [1.29, 1.82) is 0 Å². The van der Waals surface area contributed by atoms with Crippen LogP contribution in [0, 0.1) is 0 Å². The fourth-order valence-electron chi connectivity index (χ4n) is 5.20. The minimum absolute atomic E-state index is 0.113. The van der Waals surface area contributed by atoms with E-state index in [1.54, 1.807) is 18.5 Å². The van der Waals surface area contributed by atoms with E-state index in [9.17, 15) is 9.90 Å². The number of rotatable bonds is 9. The number of likely N-dealkylation sites (tertiary alicyclic amines) is 1. The third-order valence-corrected chi connectivity index (χ3v) is 7.80. The summed E-state index contributed by atoms with van der Waals surface area (Å²) in [7, 11) is 0. The minimum Gasteiger partial charge on any atom is -0.506 e. The topological polar surface area (TPSA) is 104 Å². The number of aliphatic imine (C=N–C) groups is 1. The number of halogens is 1. The van der Waals surface area contributed by atoms with Crippen molar-refractivity contribution in [3.63, 3.8) is 0 Å². The first-order valence-corrected chi connectivity index (χ1v) is 14.6. The van der Waals surface area contributed by atoms with Crippen LogP contribution in [0.5, 0.6) is 5.75 Å². The Balaban J connectivity index is 2.11. The summed E-state index contributed by atoms with van der Waals surface area (Å²) in [6, 6.07) is 5.38. The van der Waals surface area contributed by atoms with Gasteiger partial charge in [0.2, 0.25) is 0 Å². The highest BCUT2D eigenvalue weighted by Gasteiger charge is 2.36. The maximum Gasteiger partial charge on any atom is 0.258 e. The van der Waals surface area contributed by atoms with Crippen molar-refractivity contribution in [3.05, 3.63) is 69.7 Å². The number of hydrogen-bond acceptors (Lipinski definition) is 6. The van der Waals surface area contributed by atoms with Gasteiger partial charge in [0.1, 0.15) is 16.0 Å². The number of nitrogens with one attached hydrogen (secondary N) is 1. The molecule has 1 aromatic heterocycles. The normalized spacial score (nSPS) is 18.1. The van der Waals surface area contributed by atoms with Gasteiger partial charge in [-0.3, -0.25) is 4.79 Å². The number of amides is 1. The van der Waals surface area contributed by atoms with Gasteiger partial charge in [-0.25, -0.2) is 9.98 Å². The molecule has 39 heavy (non-hydrogen) atoms. The zero-order chi connectivity index (χ0) is 28.9. The van der Waals surface area contributed by atoms with Crippen molar-refractivity contribution in [1.82, 2.24) is 9.88 Å². The van der Waals surface area contributed by atoms with Gasteiger partial charge in [-0.2, -0.15) is 0 Å². The second kappa shape index (κ2) is 13.3. The number of carbonyl (C=O) groups excluding carboxylic acids is 1. The van der Waals surface area contributed by atoms with Gasteiger partial charge in [0.05, 0.1) is 17.3 Å². The molecule has 2 aromatic rings. The van der Waals surface area contributed by atoms with Gasteiger partial charge >= 0.3 is 0 Å². The van der Waals surface area contributed by atoms with E-state index in [0.29, 0.717) is 53.3 Å². The van der Waals surface area contributed by atoms with Gasteiger partial charge < -0.3 is 21.1 Å². The maximum absolute atomic E-state index is 14.2. The molecule has 0 bridgehead atoms. The van der Waals surface area contributed by atoms with Crippen LogP contribution in [-0.4, -0.2) is 39.2 Å². The summed E-state index contributed by atoms with van der Waals surface area (Å²) >= 11 is 3.56. The molecule has 2 heterocycles. The van der Waals surface area contributed by atoms with E-state index in [2.05, 4.69) is 74.4 Å². The summed E-state index contributed by atoms with van der Waals surface area (Å²) in [6.45, 7) is 16.8. The van der Waals surface area contributed by atoms with Gasteiger partial charge in [0.15, 0.2) is 0 Å². The molecule has 1 saturated heterocycles. The van der Waals surface area contributed by atoms with E-state index in [4.69, 9.17) is 10.7 Å². The summed E-state index contributed by atoms with van der Waals surface area (Å²) < 4.78 is 0.703. The molecule has 0 aliphatic carbocycles. The second-order valence-corrected chi connectivity index (χ2v) is 11.3. The Kier molecular flexibility index (Phi) is 10.4.